The smallest absolute Gasteiger partial charge is 0.242 e. The highest BCUT2D eigenvalue weighted by molar-refractivity contribution is 7.89. The molecule has 0 aliphatic rings. The number of hydrogen-bond acceptors (Lipinski definition) is 4. The standard InChI is InChI=1S/C15H15NO3S2/c17-10-4-3-7-13-6-1-2-9-15(13)21(18,19)16-12-14-8-5-11-20-14/h1-2,5-6,8-9,11,16-17H,4,10,12H2. The van der Waals surface area contributed by atoms with E-state index in [0.717, 1.165) is 4.88 Å². The van der Waals surface area contributed by atoms with E-state index in [4.69, 9.17) is 5.11 Å². The molecule has 110 valence electrons. The van der Waals surface area contributed by atoms with E-state index in [9.17, 15) is 8.42 Å². The molecule has 0 amide bonds. The Morgan fingerprint density at radius 2 is 2.00 bits per heavy atom. The Morgan fingerprint density at radius 3 is 2.71 bits per heavy atom. The minimum absolute atomic E-state index is 0.0431. The van der Waals surface area contributed by atoms with Crippen LogP contribution in [0.2, 0.25) is 0 Å². The molecule has 0 atom stereocenters. The maximum atomic E-state index is 12.4. The van der Waals surface area contributed by atoms with Crippen LogP contribution >= 0.6 is 11.3 Å². The molecule has 2 aromatic rings. The molecule has 0 unspecified atom stereocenters. The topological polar surface area (TPSA) is 66.4 Å². The van der Waals surface area contributed by atoms with Crippen LogP contribution in [0.15, 0.2) is 46.7 Å². The van der Waals surface area contributed by atoms with Crippen molar-refractivity contribution in [1.29, 1.82) is 0 Å². The van der Waals surface area contributed by atoms with Gasteiger partial charge in [0.1, 0.15) is 0 Å². The van der Waals surface area contributed by atoms with Crippen LogP contribution in [0, 0.1) is 11.8 Å². The van der Waals surface area contributed by atoms with Gasteiger partial charge in [0.05, 0.1) is 11.5 Å². The molecule has 0 bridgehead atoms. The van der Waals surface area contributed by atoms with E-state index in [1.165, 1.54) is 17.4 Å². The number of hydrogen-bond donors (Lipinski definition) is 2. The first-order chi connectivity index (χ1) is 10.1. The van der Waals surface area contributed by atoms with Crippen molar-refractivity contribution in [3.63, 3.8) is 0 Å². The van der Waals surface area contributed by atoms with Gasteiger partial charge in [-0.3, -0.25) is 0 Å². The molecule has 0 aliphatic carbocycles. The average Bonchev–Trinajstić information content (AvgIpc) is 2.99. The summed E-state index contributed by atoms with van der Waals surface area (Å²) in [6.07, 6.45) is 0.316. The highest BCUT2D eigenvalue weighted by atomic mass is 32.2. The molecule has 21 heavy (non-hydrogen) atoms. The summed E-state index contributed by atoms with van der Waals surface area (Å²) in [5, 5.41) is 10.6. The number of benzene rings is 1. The summed E-state index contributed by atoms with van der Waals surface area (Å²) >= 11 is 1.50. The summed E-state index contributed by atoms with van der Waals surface area (Å²) in [4.78, 5) is 1.11. The number of nitrogens with one attached hydrogen (secondary N) is 1. The maximum Gasteiger partial charge on any atom is 0.242 e. The van der Waals surface area contributed by atoms with E-state index in [-0.39, 0.29) is 18.0 Å². The van der Waals surface area contributed by atoms with Crippen LogP contribution in [0.4, 0.5) is 0 Å². The molecule has 6 heteroatoms. The van der Waals surface area contributed by atoms with Gasteiger partial charge in [-0.2, -0.15) is 0 Å². The second kappa shape index (κ2) is 7.38. The van der Waals surface area contributed by atoms with Crippen LogP contribution in [0.3, 0.4) is 0 Å². The fourth-order valence-corrected chi connectivity index (χ4v) is 3.58. The van der Waals surface area contributed by atoms with Gasteiger partial charge in [0.2, 0.25) is 10.0 Å². The fraction of sp³-hybridized carbons (Fsp3) is 0.200. The predicted octanol–water partition coefficient (Wildman–Crippen LogP) is 1.96. The molecule has 0 aliphatic heterocycles. The van der Waals surface area contributed by atoms with Crippen molar-refractivity contribution in [1.82, 2.24) is 4.72 Å². The number of thiophene rings is 1. The second-order valence-electron chi connectivity index (χ2n) is 4.18. The van der Waals surface area contributed by atoms with Gasteiger partial charge >= 0.3 is 0 Å². The van der Waals surface area contributed by atoms with Crippen LogP contribution in [0.1, 0.15) is 16.9 Å². The van der Waals surface area contributed by atoms with Crippen LogP contribution in [-0.2, 0) is 16.6 Å². The zero-order valence-corrected chi connectivity index (χ0v) is 12.9. The van der Waals surface area contributed by atoms with Crippen molar-refractivity contribution in [2.24, 2.45) is 0 Å². The maximum absolute atomic E-state index is 12.4. The third kappa shape index (κ3) is 4.41. The Kier molecular flexibility index (Phi) is 5.53. The van der Waals surface area contributed by atoms with E-state index in [2.05, 4.69) is 16.6 Å². The molecule has 4 nitrogen and oxygen atoms in total. The molecule has 1 aromatic carbocycles. The molecule has 0 saturated carbocycles. The van der Waals surface area contributed by atoms with Crippen molar-refractivity contribution in [2.45, 2.75) is 17.9 Å². The Bertz CT molecular complexity index is 741. The number of rotatable bonds is 5. The summed E-state index contributed by atoms with van der Waals surface area (Å²) in [6, 6.07) is 10.3. The first kappa shape index (κ1) is 15.7. The molecule has 0 radical (unpaired) electrons. The van der Waals surface area contributed by atoms with E-state index < -0.39 is 10.0 Å². The van der Waals surface area contributed by atoms with Crippen LogP contribution < -0.4 is 4.72 Å². The molecular formula is C15H15NO3S2. The fourth-order valence-electron chi connectivity index (χ4n) is 1.67. The summed E-state index contributed by atoms with van der Waals surface area (Å²) in [5.74, 6) is 5.53. The van der Waals surface area contributed by atoms with Crippen molar-refractivity contribution < 1.29 is 13.5 Å². The lowest BCUT2D eigenvalue weighted by Crippen LogP contribution is -2.23. The van der Waals surface area contributed by atoms with Crippen LogP contribution in [-0.4, -0.2) is 20.1 Å². The molecule has 1 aromatic heterocycles. The molecule has 2 rings (SSSR count). The van der Waals surface area contributed by atoms with Crippen molar-refractivity contribution >= 4 is 21.4 Å². The Balaban J connectivity index is 2.21. The highest BCUT2D eigenvalue weighted by Crippen LogP contribution is 2.16. The third-order valence-corrected chi connectivity index (χ3v) is 4.99. The minimum atomic E-state index is -3.61. The van der Waals surface area contributed by atoms with E-state index >= 15 is 0 Å². The van der Waals surface area contributed by atoms with Gasteiger partial charge in [0.25, 0.3) is 0 Å². The number of sulfonamides is 1. The summed E-state index contributed by atoms with van der Waals surface area (Å²) in [6.45, 7) is 0.219. The van der Waals surface area contributed by atoms with Crippen LogP contribution in [0.25, 0.3) is 0 Å². The molecule has 0 spiro atoms. The second-order valence-corrected chi connectivity index (χ2v) is 6.94. The first-order valence-electron chi connectivity index (χ1n) is 6.34. The quantitative estimate of drug-likeness (QED) is 0.827. The van der Waals surface area contributed by atoms with Gasteiger partial charge < -0.3 is 5.11 Å². The predicted molar refractivity (Wildman–Crippen MR) is 83.4 cm³/mol. The van der Waals surface area contributed by atoms with Crippen molar-refractivity contribution in [2.75, 3.05) is 6.61 Å². The van der Waals surface area contributed by atoms with Crippen LogP contribution in [0.5, 0.6) is 0 Å². The van der Waals surface area contributed by atoms with Gasteiger partial charge in [0, 0.05) is 23.4 Å². The van der Waals surface area contributed by atoms with Crippen molar-refractivity contribution in [3.8, 4) is 11.8 Å². The summed E-state index contributed by atoms with van der Waals surface area (Å²) < 4.78 is 27.3. The lowest BCUT2D eigenvalue weighted by atomic mass is 10.2. The Labute approximate surface area is 128 Å². The van der Waals surface area contributed by atoms with Gasteiger partial charge in [0.15, 0.2) is 0 Å². The van der Waals surface area contributed by atoms with Gasteiger partial charge in [-0.05, 0) is 23.6 Å². The average molecular weight is 321 g/mol. The molecule has 0 saturated heterocycles. The third-order valence-electron chi connectivity index (χ3n) is 2.65. The number of aliphatic hydroxyl groups is 1. The lowest BCUT2D eigenvalue weighted by molar-refractivity contribution is 0.305. The minimum Gasteiger partial charge on any atom is -0.395 e. The molecule has 2 N–H and O–H groups in total. The Morgan fingerprint density at radius 1 is 1.19 bits per heavy atom. The largest absolute Gasteiger partial charge is 0.395 e. The molecular weight excluding hydrogens is 306 g/mol. The van der Waals surface area contributed by atoms with Gasteiger partial charge in [-0.15, -0.1) is 11.3 Å². The van der Waals surface area contributed by atoms with E-state index in [1.807, 2.05) is 17.5 Å². The highest BCUT2D eigenvalue weighted by Gasteiger charge is 2.17. The SMILES string of the molecule is O=S(=O)(NCc1cccs1)c1ccccc1C#CCCO. The van der Waals surface area contributed by atoms with Gasteiger partial charge in [-0.1, -0.05) is 30.0 Å². The first-order valence-corrected chi connectivity index (χ1v) is 8.70. The zero-order valence-electron chi connectivity index (χ0n) is 11.2. The van der Waals surface area contributed by atoms with Crippen molar-refractivity contribution in [3.05, 3.63) is 52.2 Å². The van der Waals surface area contributed by atoms with E-state index in [1.54, 1.807) is 18.2 Å². The normalized spacial score (nSPS) is 10.9. The monoisotopic (exact) mass is 321 g/mol. The summed E-state index contributed by atoms with van der Waals surface area (Å²) in [7, 11) is -3.61. The van der Waals surface area contributed by atoms with E-state index in [0.29, 0.717) is 12.0 Å². The summed E-state index contributed by atoms with van der Waals surface area (Å²) in [5.41, 5.74) is 0.435. The number of aliphatic hydroxyl groups excluding tert-OH is 1. The lowest BCUT2D eigenvalue weighted by Gasteiger charge is -2.07. The molecule has 1 heterocycles. The Hall–Kier alpha value is -1.65. The zero-order chi connectivity index (χ0) is 15.1. The van der Waals surface area contributed by atoms with Gasteiger partial charge in [-0.25, -0.2) is 13.1 Å². The molecule has 0 fully saturated rings.